The summed E-state index contributed by atoms with van der Waals surface area (Å²) < 4.78 is 1.17. The van der Waals surface area contributed by atoms with Gasteiger partial charge < -0.3 is 5.32 Å². The largest absolute Gasteiger partial charge is 0.316 e. The Labute approximate surface area is 118 Å². The van der Waals surface area contributed by atoms with Gasteiger partial charge in [-0.05, 0) is 38.1 Å². The number of benzene rings is 1. The van der Waals surface area contributed by atoms with Gasteiger partial charge in [-0.15, -0.1) is 12.4 Å². The van der Waals surface area contributed by atoms with E-state index in [0.29, 0.717) is 12.1 Å². The normalized spacial score (nSPS) is 22.2. The van der Waals surface area contributed by atoms with Crippen molar-refractivity contribution in [1.82, 2.24) is 10.2 Å². The second kappa shape index (κ2) is 6.74. The summed E-state index contributed by atoms with van der Waals surface area (Å²) in [5.41, 5.74) is 1.39. The van der Waals surface area contributed by atoms with Gasteiger partial charge in [0.2, 0.25) is 0 Å². The summed E-state index contributed by atoms with van der Waals surface area (Å²) >= 11 is 3.53. The molecule has 0 radical (unpaired) electrons. The van der Waals surface area contributed by atoms with Gasteiger partial charge in [-0.3, -0.25) is 4.90 Å². The third-order valence-electron chi connectivity index (χ3n) is 3.51. The highest BCUT2D eigenvalue weighted by molar-refractivity contribution is 9.10. The third kappa shape index (κ3) is 3.68. The van der Waals surface area contributed by atoms with Crippen molar-refractivity contribution in [3.05, 3.63) is 34.3 Å². The molecule has 1 N–H and O–H groups in total. The van der Waals surface area contributed by atoms with Gasteiger partial charge in [0, 0.05) is 29.6 Å². The smallest absolute Gasteiger partial charge is 0.0320 e. The Morgan fingerprint density at radius 3 is 2.82 bits per heavy atom. The maximum atomic E-state index is 3.53. The molecule has 0 spiro atoms. The minimum absolute atomic E-state index is 0. The molecule has 2 rings (SSSR count). The highest BCUT2D eigenvalue weighted by Crippen LogP contribution is 2.26. The van der Waals surface area contributed by atoms with Gasteiger partial charge in [0.15, 0.2) is 0 Å². The number of likely N-dealkylation sites (N-methyl/N-ethyl adjacent to an activating group) is 1. The van der Waals surface area contributed by atoms with Crippen LogP contribution in [0.3, 0.4) is 0 Å². The van der Waals surface area contributed by atoms with E-state index in [2.05, 4.69) is 64.4 Å². The standard InChI is InChI=1S/C13H19BrN2.ClH/c1-10(11-4-3-5-12(14)8-11)16-7-6-13(9-16)15-2;/h3-5,8,10,13,15H,6-7,9H2,1-2H3;1H. The highest BCUT2D eigenvalue weighted by Gasteiger charge is 2.25. The van der Waals surface area contributed by atoms with Gasteiger partial charge in [-0.1, -0.05) is 28.1 Å². The van der Waals surface area contributed by atoms with Crippen LogP contribution in [-0.2, 0) is 0 Å². The molecule has 1 aliphatic rings. The van der Waals surface area contributed by atoms with Crippen molar-refractivity contribution < 1.29 is 0 Å². The average molecular weight is 320 g/mol. The van der Waals surface area contributed by atoms with Crippen molar-refractivity contribution in [3.63, 3.8) is 0 Å². The predicted octanol–water partition coefficient (Wildman–Crippen LogP) is 3.23. The highest BCUT2D eigenvalue weighted by atomic mass is 79.9. The third-order valence-corrected chi connectivity index (χ3v) is 4.00. The monoisotopic (exact) mass is 318 g/mol. The van der Waals surface area contributed by atoms with E-state index in [0.717, 1.165) is 6.54 Å². The quantitative estimate of drug-likeness (QED) is 0.920. The van der Waals surface area contributed by atoms with Gasteiger partial charge in [0.05, 0.1) is 0 Å². The first kappa shape index (κ1) is 15.0. The first-order valence-electron chi connectivity index (χ1n) is 5.87. The van der Waals surface area contributed by atoms with Crippen LogP contribution in [0.4, 0.5) is 0 Å². The van der Waals surface area contributed by atoms with E-state index in [1.54, 1.807) is 0 Å². The molecular weight excluding hydrogens is 300 g/mol. The molecule has 0 amide bonds. The molecule has 2 unspecified atom stereocenters. The molecule has 2 atom stereocenters. The molecule has 2 nitrogen and oxygen atoms in total. The molecule has 17 heavy (non-hydrogen) atoms. The molecule has 0 aliphatic carbocycles. The lowest BCUT2D eigenvalue weighted by Gasteiger charge is -2.24. The second-order valence-electron chi connectivity index (χ2n) is 4.50. The van der Waals surface area contributed by atoms with Crippen molar-refractivity contribution in [3.8, 4) is 0 Å². The van der Waals surface area contributed by atoms with E-state index < -0.39 is 0 Å². The van der Waals surface area contributed by atoms with E-state index in [1.165, 1.54) is 23.0 Å². The zero-order valence-electron chi connectivity index (χ0n) is 10.3. The number of likely N-dealkylation sites (tertiary alicyclic amines) is 1. The molecule has 1 aliphatic heterocycles. The van der Waals surface area contributed by atoms with Crippen LogP contribution in [0.2, 0.25) is 0 Å². The number of nitrogens with one attached hydrogen (secondary N) is 1. The number of halogens is 2. The Hall–Kier alpha value is -0.0900. The van der Waals surface area contributed by atoms with Crippen LogP contribution in [0, 0.1) is 0 Å². The first-order chi connectivity index (χ1) is 7.70. The molecule has 1 saturated heterocycles. The van der Waals surface area contributed by atoms with Gasteiger partial charge in [0.25, 0.3) is 0 Å². The summed E-state index contributed by atoms with van der Waals surface area (Å²) in [6.45, 7) is 4.64. The summed E-state index contributed by atoms with van der Waals surface area (Å²) in [4.78, 5) is 2.54. The molecule has 0 bridgehead atoms. The fourth-order valence-corrected chi connectivity index (χ4v) is 2.77. The lowest BCUT2D eigenvalue weighted by atomic mass is 10.1. The number of rotatable bonds is 3. The zero-order chi connectivity index (χ0) is 11.5. The molecule has 1 aromatic carbocycles. The fourth-order valence-electron chi connectivity index (χ4n) is 2.35. The van der Waals surface area contributed by atoms with Crippen molar-refractivity contribution in [1.29, 1.82) is 0 Å². The lowest BCUT2D eigenvalue weighted by molar-refractivity contribution is 0.257. The van der Waals surface area contributed by atoms with Crippen molar-refractivity contribution in [2.24, 2.45) is 0 Å². The van der Waals surface area contributed by atoms with E-state index >= 15 is 0 Å². The van der Waals surface area contributed by atoms with Crippen molar-refractivity contribution in [2.75, 3.05) is 20.1 Å². The summed E-state index contributed by atoms with van der Waals surface area (Å²) in [7, 11) is 2.05. The Morgan fingerprint density at radius 2 is 2.24 bits per heavy atom. The number of hydrogen-bond acceptors (Lipinski definition) is 2. The van der Waals surface area contributed by atoms with Crippen LogP contribution in [-0.4, -0.2) is 31.1 Å². The lowest BCUT2D eigenvalue weighted by Crippen LogP contribution is -2.31. The molecule has 96 valence electrons. The molecule has 1 heterocycles. The van der Waals surface area contributed by atoms with Gasteiger partial charge >= 0.3 is 0 Å². The van der Waals surface area contributed by atoms with Crippen LogP contribution < -0.4 is 5.32 Å². The van der Waals surface area contributed by atoms with Gasteiger partial charge in [-0.25, -0.2) is 0 Å². The summed E-state index contributed by atoms with van der Waals surface area (Å²) in [5.74, 6) is 0. The fraction of sp³-hybridized carbons (Fsp3) is 0.538. The van der Waals surface area contributed by atoms with E-state index in [-0.39, 0.29) is 12.4 Å². The Kier molecular flexibility index (Phi) is 5.93. The van der Waals surface area contributed by atoms with Gasteiger partial charge in [-0.2, -0.15) is 0 Å². The first-order valence-corrected chi connectivity index (χ1v) is 6.67. The van der Waals surface area contributed by atoms with Crippen LogP contribution in [0.1, 0.15) is 24.9 Å². The van der Waals surface area contributed by atoms with Crippen LogP contribution >= 0.6 is 28.3 Å². The summed E-state index contributed by atoms with van der Waals surface area (Å²) in [6, 6.07) is 9.79. The van der Waals surface area contributed by atoms with Gasteiger partial charge in [0.1, 0.15) is 0 Å². The van der Waals surface area contributed by atoms with E-state index in [4.69, 9.17) is 0 Å². The number of nitrogens with zero attached hydrogens (tertiary/aromatic N) is 1. The predicted molar refractivity (Wildman–Crippen MR) is 78.8 cm³/mol. The molecule has 1 fully saturated rings. The Morgan fingerprint density at radius 1 is 1.47 bits per heavy atom. The molecule has 0 saturated carbocycles. The Balaban J connectivity index is 0.00000144. The van der Waals surface area contributed by atoms with Crippen molar-refractivity contribution in [2.45, 2.75) is 25.4 Å². The SMILES string of the molecule is CNC1CCN(C(C)c2cccc(Br)c2)C1.Cl. The minimum atomic E-state index is 0. The summed E-state index contributed by atoms with van der Waals surface area (Å²) in [5, 5.41) is 3.36. The minimum Gasteiger partial charge on any atom is -0.316 e. The number of hydrogen-bond donors (Lipinski definition) is 1. The zero-order valence-corrected chi connectivity index (χ0v) is 12.7. The maximum absolute atomic E-state index is 3.53. The summed E-state index contributed by atoms with van der Waals surface area (Å²) in [6.07, 6.45) is 1.26. The van der Waals surface area contributed by atoms with Crippen LogP contribution in [0.5, 0.6) is 0 Å². The van der Waals surface area contributed by atoms with E-state index in [1.807, 2.05) is 0 Å². The van der Waals surface area contributed by atoms with Crippen LogP contribution in [0.25, 0.3) is 0 Å². The topological polar surface area (TPSA) is 15.3 Å². The molecule has 4 heteroatoms. The average Bonchev–Trinajstić information content (AvgIpc) is 2.76. The molecule has 1 aromatic rings. The second-order valence-corrected chi connectivity index (χ2v) is 5.42. The van der Waals surface area contributed by atoms with Crippen LogP contribution in [0.15, 0.2) is 28.7 Å². The molecule has 0 aromatic heterocycles. The Bertz CT molecular complexity index is 359. The van der Waals surface area contributed by atoms with Crippen molar-refractivity contribution >= 4 is 28.3 Å². The maximum Gasteiger partial charge on any atom is 0.0320 e. The molecular formula is C13H20BrClN2. The van der Waals surface area contributed by atoms with E-state index in [9.17, 15) is 0 Å².